The van der Waals surface area contributed by atoms with Gasteiger partial charge < -0.3 is 0 Å². The first-order chi connectivity index (χ1) is 5.79. The Kier molecular flexibility index (Phi) is 2.75. The van der Waals surface area contributed by atoms with Crippen LogP contribution in [0.25, 0.3) is 0 Å². The topological polar surface area (TPSA) is 0 Å². The summed E-state index contributed by atoms with van der Waals surface area (Å²) in [6, 6.07) is 0. The minimum atomic E-state index is 0.825. The monoisotopic (exact) mass is 200 g/mol. The molecule has 1 aliphatic carbocycles. The molecule has 12 heavy (non-hydrogen) atoms. The zero-order valence-electron chi connectivity index (χ0n) is 7.80. The molecule has 68 valence electrons. The molecular weight excluding hydrogens is 184 g/mol. The number of hydrogen-bond acceptors (Lipinski definition) is 2. The highest BCUT2D eigenvalue weighted by Crippen LogP contribution is 2.48. The minimum absolute atomic E-state index is 0.825. The van der Waals surface area contributed by atoms with Gasteiger partial charge in [-0.2, -0.15) is 0 Å². The first-order valence-corrected chi connectivity index (χ1v) is 7.16. The van der Waals surface area contributed by atoms with E-state index in [0.717, 1.165) is 11.2 Å². The summed E-state index contributed by atoms with van der Waals surface area (Å²) in [5.74, 6) is 2.13. The van der Waals surface area contributed by atoms with Crippen LogP contribution in [0.2, 0.25) is 0 Å². The second kappa shape index (κ2) is 3.67. The molecule has 0 aromatic heterocycles. The molecule has 0 radical (unpaired) electrons. The van der Waals surface area contributed by atoms with E-state index < -0.39 is 0 Å². The Morgan fingerprint density at radius 3 is 2.92 bits per heavy atom. The van der Waals surface area contributed by atoms with Gasteiger partial charge in [0.1, 0.15) is 0 Å². The van der Waals surface area contributed by atoms with Crippen molar-refractivity contribution in [2.45, 2.75) is 38.4 Å². The average Bonchev–Trinajstić information content (AvgIpc) is 2.49. The standard InChI is InChI=1S/C10H16S2/c1-7(2)10-9-5-3-4-8(9)6-11-12-10/h7,10H,3-6H2,1-2H3. The largest absolute Gasteiger partial charge is 0.0891 e. The molecule has 2 aliphatic rings. The van der Waals surface area contributed by atoms with Crippen LogP contribution in [0.4, 0.5) is 0 Å². The molecule has 0 saturated heterocycles. The van der Waals surface area contributed by atoms with Crippen molar-refractivity contribution in [3.8, 4) is 0 Å². The van der Waals surface area contributed by atoms with E-state index in [1.807, 2.05) is 5.57 Å². The molecule has 0 aromatic carbocycles. The van der Waals surface area contributed by atoms with E-state index >= 15 is 0 Å². The summed E-state index contributed by atoms with van der Waals surface area (Å²) in [6.07, 6.45) is 4.22. The van der Waals surface area contributed by atoms with Crippen LogP contribution in [0.15, 0.2) is 11.1 Å². The summed E-state index contributed by atoms with van der Waals surface area (Å²) in [5.41, 5.74) is 3.60. The van der Waals surface area contributed by atoms with Gasteiger partial charge in [-0.15, -0.1) is 0 Å². The fourth-order valence-electron chi connectivity index (χ4n) is 2.09. The van der Waals surface area contributed by atoms with Crippen molar-refractivity contribution in [2.24, 2.45) is 5.92 Å². The van der Waals surface area contributed by atoms with Crippen molar-refractivity contribution >= 4 is 21.6 Å². The van der Waals surface area contributed by atoms with Gasteiger partial charge in [0, 0.05) is 11.0 Å². The Morgan fingerprint density at radius 1 is 1.33 bits per heavy atom. The predicted octanol–water partition coefficient (Wildman–Crippen LogP) is 3.89. The van der Waals surface area contributed by atoms with E-state index in [4.69, 9.17) is 0 Å². The van der Waals surface area contributed by atoms with Crippen molar-refractivity contribution in [1.82, 2.24) is 0 Å². The molecule has 2 heteroatoms. The van der Waals surface area contributed by atoms with Crippen molar-refractivity contribution in [1.29, 1.82) is 0 Å². The lowest BCUT2D eigenvalue weighted by molar-refractivity contribution is 0.646. The van der Waals surface area contributed by atoms with Gasteiger partial charge in [0.2, 0.25) is 0 Å². The lowest BCUT2D eigenvalue weighted by Gasteiger charge is -2.26. The van der Waals surface area contributed by atoms with Crippen molar-refractivity contribution < 1.29 is 0 Å². The molecular formula is C10H16S2. The average molecular weight is 200 g/mol. The van der Waals surface area contributed by atoms with Gasteiger partial charge >= 0.3 is 0 Å². The molecule has 1 heterocycles. The third-order valence-electron chi connectivity index (χ3n) is 2.73. The van der Waals surface area contributed by atoms with Crippen molar-refractivity contribution in [2.75, 3.05) is 5.75 Å². The van der Waals surface area contributed by atoms with Crippen LogP contribution < -0.4 is 0 Å². The zero-order valence-corrected chi connectivity index (χ0v) is 9.43. The maximum Gasteiger partial charge on any atom is 0.0386 e. The molecule has 0 saturated carbocycles. The first-order valence-electron chi connectivity index (χ1n) is 4.78. The van der Waals surface area contributed by atoms with Gasteiger partial charge in [-0.1, -0.05) is 46.6 Å². The summed E-state index contributed by atoms with van der Waals surface area (Å²) in [6.45, 7) is 4.71. The maximum absolute atomic E-state index is 2.35. The molecule has 2 rings (SSSR count). The summed E-state index contributed by atoms with van der Waals surface area (Å²) in [5, 5.41) is 0.834. The summed E-state index contributed by atoms with van der Waals surface area (Å²) in [4.78, 5) is 0. The fraction of sp³-hybridized carbons (Fsp3) is 0.800. The highest BCUT2D eigenvalue weighted by Gasteiger charge is 2.28. The normalized spacial score (nSPS) is 29.8. The number of hydrogen-bond donors (Lipinski definition) is 0. The second-order valence-corrected chi connectivity index (χ2v) is 6.51. The first kappa shape index (κ1) is 9.01. The maximum atomic E-state index is 2.35. The Labute approximate surface area is 83.0 Å². The zero-order chi connectivity index (χ0) is 8.55. The van der Waals surface area contributed by atoms with Gasteiger partial charge in [0.05, 0.1) is 0 Å². The van der Waals surface area contributed by atoms with E-state index in [-0.39, 0.29) is 0 Å². The van der Waals surface area contributed by atoms with Crippen LogP contribution in [0.1, 0.15) is 33.1 Å². The van der Waals surface area contributed by atoms with Gasteiger partial charge in [0.15, 0.2) is 0 Å². The predicted molar refractivity (Wildman–Crippen MR) is 59.6 cm³/mol. The molecule has 0 amide bonds. The van der Waals surface area contributed by atoms with Crippen LogP contribution in [-0.2, 0) is 0 Å². The molecule has 1 aliphatic heterocycles. The Morgan fingerprint density at radius 2 is 2.17 bits per heavy atom. The molecule has 1 atom stereocenters. The van der Waals surface area contributed by atoms with Crippen LogP contribution in [0.3, 0.4) is 0 Å². The van der Waals surface area contributed by atoms with E-state index in [2.05, 4.69) is 35.4 Å². The fourth-order valence-corrected chi connectivity index (χ4v) is 5.48. The van der Waals surface area contributed by atoms with E-state index in [0.29, 0.717) is 0 Å². The quantitative estimate of drug-likeness (QED) is 0.465. The second-order valence-electron chi connectivity index (χ2n) is 4.01. The van der Waals surface area contributed by atoms with E-state index in [1.54, 1.807) is 5.57 Å². The molecule has 0 N–H and O–H groups in total. The minimum Gasteiger partial charge on any atom is -0.0891 e. The smallest absolute Gasteiger partial charge is 0.0386 e. The molecule has 0 bridgehead atoms. The molecule has 0 nitrogen and oxygen atoms in total. The van der Waals surface area contributed by atoms with Crippen LogP contribution >= 0.6 is 21.6 Å². The lowest BCUT2D eigenvalue weighted by Crippen LogP contribution is -2.16. The third-order valence-corrected chi connectivity index (χ3v) is 5.75. The Hall–Kier alpha value is 0.440. The molecule has 0 spiro atoms. The Bertz CT molecular complexity index is 206. The summed E-state index contributed by atoms with van der Waals surface area (Å²) in [7, 11) is 4.17. The number of rotatable bonds is 1. The third kappa shape index (κ3) is 1.56. The molecule has 1 unspecified atom stereocenters. The van der Waals surface area contributed by atoms with Crippen molar-refractivity contribution in [3.63, 3.8) is 0 Å². The van der Waals surface area contributed by atoms with Gasteiger partial charge in [0.25, 0.3) is 0 Å². The summed E-state index contributed by atoms with van der Waals surface area (Å²) < 4.78 is 0. The van der Waals surface area contributed by atoms with Gasteiger partial charge in [-0.05, 0) is 25.2 Å². The highest BCUT2D eigenvalue weighted by atomic mass is 33.1. The van der Waals surface area contributed by atoms with E-state index in [9.17, 15) is 0 Å². The van der Waals surface area contributed by atoms with Crippen LogP contribution in [0.5, 0.6) is 0 Å². The Balaban J connectivity index is 2.19. The van der Waals surface area contributed by atoms with E-state index in [1.165, 1.54) is 25.0 Å². The van der Waals surface area contributed by atoms with Gasteiger partial charge in [-0.25, -0.2) is 0 Å². The SMILES string of the molecule is CC(C)C1SSCC2=C1CCC2. The molecule has 0 aromatic rings. The van der Waals surface area contributed by atoms with Gasteiger partial charge in [-0.3, -0.25) is 0 Å². The van der Waals surface area contributed by atoms with Crippen LogP contribution in [0, 0.1) is 5.92 Å². The summed E-state index contributed by atoms with van der Waals surface area (Å²) >= 11 is 0. The van der Waals surface area contributed by atoms with Crippen molar-refractivity contribution in [3.05, 3.63) is 11.1 Å². The van der Waals surface area contributed by atoms with Crippen LogP contribution in [-0.4, -0.2) is 11.0 Å². The highest BCUT2D eigenvalue weighted by molar-refractivity contribution is 8.77. The molecule has 0 fully saturated rings. The lowest BCUT2D eigenvalue weighted by atomic mass is 9.99.